The van der Waals surface area contributed by atoms with Gasteiger partial charge in [-0.1, -0.05) is 25.1 Å². The molecule has 0 aliphatic carbocycles. The van der Waals surface area contributed by atoms with E-state index in [0.29, 0.717) is 23.6 Å². The van der Waals surface area contributed by atoms with Crippen molar-refractivity contribution in [3.63, 3.8) is 0 Å². The van der Waals surface area contributed by atoms with Crippen molar-refractivity contribution in [1.29, 1.82) is 0 Å². The molecule has 2 N–H and O–H groups in total. The molecule has 1 unspecified atom stereocenters. The number of para-hydroxylation sites is 1. The molecule has 0 aromatic heterocycles. The quantitative estimate of drug-likeness (QED) is 0.877. The summed E-state index contributed by atoms with van der Waals surface area (Å²) in [6.45, 7) is 4.73. The van der Waals surface area contributed by atoms with Crippen LogP contribution in [0.3, 0.4) is 0 Å². The predicted octanol–water partition coefficient (Wildman–Crippen LogP) is 3.65. The number of hydrogen-bond donors (Lipinski definition) is 1. The van der Waals surface area contributed by atoms with Gasteiger partial charge in [-0.15, -0.1) is 0 Å². The maximum atomic E-state index is 12.9. The second-order valence-corrected chi connectivity index (χ2v) is 5.96. The third-order valence-electron chi connectivity index (χ3n) is 4.14. The first kappa shape index (κ1) is 15.4. The summed E-state index contributed by atoms with van der Waals surface area (Å²) < 4.78 is 5.57. The van der Waals surface area contributed by atoms with Crippen molar-refractivity contribution in [1.82, 2.24) is 0 Å². The van der Waals surface area contributed by atoms with Gasteiger partial charge in [-0.25, -0.2) is 0 Å². The Hall–Kier alpha value is -2.49. The third kappa shape index (κ3) is 2.89. The van der Waals surface area contributed by atoms with E-state index in [9.17, 15) is 4.79 Å². The molecule has 1 aliphatic rings. The lowest BCUT2D eigenvalue weighted by Gasteiger charge is -2.23. The zero-order valence-corrected chi connectivity index (χ0v) is 13.6. The van der Waals surface area contributed by atoms with E-state index in [0.717, 1.165) is 18.5 Å². The van der Waals surface area contributed by atoms with Crippen LogP contribution in [0.4, 0.5) is 11.4 Å². The molecule has 0 saturated heterocycles. The van der Waals surface area contributed by atoms with Crippen molar-refractivity contribution in [2.24, 2.45) is 0 Å². The lowest BCUT2D eigenvalue weighted by molar-refractivity contribution is 0.0981. The Morgan fingerprint density at radius 2 is 2.09 bits per heavy atom. The Kier molecular flexibility index (Phi) is 4.24. The van der Waals surface area contributed by atoms with Crippen LogP contribution in [0.15, 0.2) is 42.5 Å². The fraction of sp³-hybridized carbons (Fsp3) is 0.316. The summed E-state index contributed by atoms with van der Waals surface area (Å²) in [6.07, 6.45) is 1.80. The van der Waals surface area contributed by atoms with E-state index in [-0.39, 0.29) is 11.9 Å². The van der Waals surface area contributed by atoms with E-state index in [2.05, 4.69) is 13.0 Å². The largest absolute Gasteiger partial charge is 0.491 e. The minimum atomic E-state index is -0.0174. The highest BCUT2D eigenvalue weighted by Gasteiger charge is 2.31. The van der Waals surface area contributed by atoms with Gasteiger partial charge in [0.25, 0.3) is 5.91 Å². The van der Waals surface area contributed by atoms with Crippen LogP contribution in [0.1, 0.15) is 36.2 Å². The molecule has 23 heavy (non-hydrogen) atoms. The van der Waals surface area contributed by atoms with Gasteiger partial charge in [0.15, 0.2) is 0 Å². The highest BCUT2D eigenvalue weighted by Crippen LogP contribution is 2.34. The van der Waals surface area contributed by atoms with Gasteiger partial charge in [-0.05, 0) is 49.6 Å². The van der Waals surface area contributed by atoms with Gasteiger partial charge in [0.05, 0.1) is 12.3 Å². The number of benzene rings is 2. The van der Waals surface area contributed by atoms with E-state index in [4.69, 9.17) is 10.5 Å². The highest BCUT2D eigenvalue weighted by atomic mass is 16.5. The Morgan fingerprint density at radius 3 is 2.83 bits per heavy atom. The van der Waals surface area contributed by atoms with Gasteiger partial charge < -0.3 is 15.4 Å². The minimum Gasteiger partial charge on any atom is -0.491 e. The summed E-state index contributed by atoms with van der Waals surface area (Å²) in [5.41, 5.74) is 9.34. The summed E-state index contributed by atoms with van der Waals surface area (Å²) >= 11 is 0. The van der Waals surface area contributed by atoms with Crippen LogP contribution < -0.4 is 15.4 Å². The van der Waals surface area contributed by atoms with Crippen molar-refractivity contribution >= 4 is 17.3 Å². The second-order valence-electron chi connectivity index (χ2n) is 5.96. The maximum absolute atomic E-state index is 12.9. The van der Waals surface area contributed by atoms with E-state index < -0.39 is 0 Å². The molecule has 3 rings (SSSR count). The summed E-state index contributed by atoms with van der Waals surface area (Å²) in [5.74, 6) is 0.620. The first-order chi connectivity index (χ1) is 11.1. The normalized spacial score (nSPS) is 16.3. The molecule has 2 aromatic carbocycles. The van der Waals surface area contributed by atoms with Crippen LogP contribution in [-0.4, -0.2) is 18.6 Å². The van der Waals surface area contributed by atoms with Gasteiger partial charge in [0, 0.05) is 17.3 Å². The number of ether oxygens (including phenoxy) is 1. The highest BCUT2D eigenvalue weighted by molar-refractivity contribution is 6.08. The number of nitrogens with two attached hydrogens (primary N) is 1. The van der Waals surface area contributed by atoms with Crippen molar-refractivity contribution in [3.05, 3.63) is 53.6 Å². The number of amides is 1. The molecule has 1 atom stereocenters. The first-order valence-corrected chi connectivity index (χ1v) is 8.05. The second kappa shape index (κ2) is 6.32. The molecule has 0 fully saturated rings. The molecule has 1 aliphatic heterocycles. The third-order valence-corrected chi connectivity index (χ3v) is 4.14. The number of anilines is 2. The van der Waals surface area contributed by atoms with Crippen molar-refractivity contribution < 1.29 is 9.53 Å². The van der Waals surface area contributed by atoms with Gasteiger partial charge in [-0.3, -0.25) is 4.79 Å². The monoisotopic (exact) mass is 310 g/mol. The van der Waals surface area contributed by atoms with Crippen molar-refractivity contribution in [2.45, 2.75) is 32.7 Å². The van der Waals surface area contributed by atoms with Gasteiger partial charge in [0.2, 0.25) is 0 Å². The fourth-order valence-electron chi connectivity index (χ4n) is 3.04. The van der Waals surface area contributed by atoms with Crippen LogP contribution in [0.2, 0.25) is 0 Å². The van der Waals surface area contributed by atoms with Gasteiger partial charge >= 0.3 is 0 Å². The van der Waals surface area contributed by atoms with Crippen LogP contribution in [0.5, 0.6) is 5.75 Å². The average Bonchev–Trinajstić information content (AvgIpc) is 2.88. The lowest BCUT2D eigenvalue weighted by atomic mass is 10.1. The minimum absolute atomic E-state index is 0.0174. The Bertz CT molecular complexity index is 727. The number of rotatable bonds is 4. The van der Waals surface area contributed by atoms with Crippen molar-refractivity contribution in [3.8, 4) is 5.75 Å². The Labute approximate surface area is 136 Å². The fourth-order valence-corrected chi connectivity index (χ4v) is 3.04. The smallest absolute Gasteiger partial charge is 0.258 e. The van der Waals surface area contributed by atoms with Gasteiger partial charge in [0.1, 0.15) is 5.75 Å². The zero-order chi connectivity index (χ0) is 16.4. The summed E-state index contributed by atoms with van der Waals surface area (Å²) in [4.78, 5) is 14.8. The van der Waals surface area contributed by atoms with Gasteiger partial charge in [-0.2, -0.15) is 0 Å². The molecule has 120 valence electrons. The number of nitrogens with zero attached hydrogens (tertiary/aromatic N) is 1. The van der Waals surface area contributed by atoms with Crippen LogP contribution in [0.25, 0.3) is 0 Å². The average molecular weight is 310 g/mol. The lowest BCUT2D eigenvalue weighted by Crippen LogP contribution is -2.35. The number of hydrogen-bond acceptors (Lipinski definition) is 3. The Morgan fingerprint density at radius 1 is 1.30 bits per heavy atom. The van der Waals surface area contributed by atoms with E-state index in [1.54, 1.807) is 18.2 Å². The summed E-state index contributed by atoms with van der Waals surface area (Å²) in [6, 6.07) is 13.5. The van der Waals surface area contributed by atoms with Crippen LogP contribution in [0, 0.1) is 0 Å². The van der Waals surface area contributed by atoms with Crippen LogP contribution >= 0.6 is 0 Å². The topological polar surface area (TPSA) is 55.6 Å². The first-order valence-electron chi connectivity index (χ1n) is 8.05. The molecule has 1 heterocycles. The number of fused-ring (bicyclic) bond motifs is 1. The molecule has 0 radical (unpaired) electrons. The van der Waals surface area contributed by atoms with Crippen LogP contribution in [-0.2, 0) is 6.42 Å². The van der Waals surface area contributed by atoms with Crippen molar-refractivity contribution in [2.75, 3.05) is 17.2 Å². The standard InChI is InChI=1S/C19H22N2O2/c1-3-10-23-18-9-8-15(12-16(18)20)19(22)21-13(2)11-14-6-4-5-7-17(14)21/h4-9,12-13H,3,10-11,20H2,1-2H3. The molecule has 2 aromatic rings. The summed E-state index contributed by atoms with van der Waals surface area (Å²) in [5, 5.41) is 0. The number of nitrogen functional groups attached to an aromatic ring is 1. The number of carbonyl (C=O) groups is 1. The van der Waals surface area contributed by atoms with E-state index in [1.165, 1.54) is 5.56 Å². The summed E-state index contributed by atoms with van der Waals surface area (Å²) in [7, 11) is 0. The van der Waals surface area contributed by atoms with E-state index >= 15 is 0 Å². The molecule has 4 nitrogen and oxygen atoms in total. The SMILES string of the molecule is CCCOc1ccc(C(=O)N2c3ccccc3CC2C)cc1N. The maximum Gasteiger partial charge on any atom is 0.258 e. The predicted molar refractivity (Wildman–Crippen MR) is 93.1 cm³/mol. The zero-order valence-electron chi connectivity index (χ0n) is 13.6. The molecule has 4 heteroatoms. The molecular formula is C19H22N2O2. The molecule has 0 spiro atoms. The van der Waals surface area contributed by atoms with E-state index in [1.807, 2.05) is 30.0 Å². The molecule has 1 amide bonds. The molecule has 0 bridgehead atoms. The molecule has 0 saturated carbocycles. The number of carbonyl (C=O) groups excluding carboxylic acids is 1. The molecular weight excluding hydrogens is 288 g/mol. The Balaban J connectivity index is 1.87.